The smallest absolute Gasteiger partial charge is 0.137 e. The molecule has 0 spiro atoms. The van der Waals surface area contributed by atoms with Gasteiger partial charge >= 0.3 is 0 Å². The first-order chi connectivity index (χ1) is 10.1. The van der Waals surface area contributed by atoms with Crippen molar-refractivity contribution in [2.24, 2.45) is 0 Å². The first kappa shape index (κ1) is 15.2. The highest BCUT2D eigenvalue weighted by Crippen LogP contribution is 2.24. The van der Waals surface area contributed by atoms with E-state index in [1.165, 1.54) is 6.07 Å². The van der Waals surface area contributed by atoms with Gasteiger partial charge in [0.1, 0.15) is 23.3 Å². The lowest BCUT2D eigenvalue weighted by atomic mass is 10.2. The average Bonchev–Trinajstić information content (AvgIpc) is 2.49. The molecule has 0 aliphatic heterocycles. The molecule has 0 aliphatic rings. The molecule has 0 unspecified atom stereocenters. The maximum atomic E-state index is 13.8. The molecule has 2 aromatic rings. The lowest BCUT2D eigenvalue weighted by Gasteiger charge is -2.22. The minimum Gasteiger partial charge on any atom is -0.373 e. The molecule has 0 saturated heterocycles. The van der Waals surface area contributed by atoms with Crippen LogP contribution in [0.3, 0.4) is 0 Å². The standard InChI is InChI=1S/C16H21FN4/c1-5-14-19-15(18-3)11(2)16(20-14)21(4)10-12-8-6-7-9-13(12)17/h6-9H,5,10H2,1-4H3,(H,18,19,20). The Balaban J connectivity index is 2.34. The molecule has 112 valence electrons. The Morgan fingerprint density at radius 1 is 1.24 bits per heavy atom. The van der Waals surface area contributed by atoms with E-state index in [0.29, 0.717) is 12.1 Å². The zero-order valence-corrected chi connectivity index (χ0v) is 12.9. The van der Waals surface area contributed by atoms with Gasteiger partial charge in [-0.1, -0.05) is 25.1 Å². The molecule has 21 heavy (non-hydrogen) atoms. The van der Waals surface area contributed by atoms with Crippen molar-refractivity contribution in [3.63, 3.8) is 0 Å². The van der Waals surface area contributed by atoms with Crippen LogP contribution in [0.15, 0.2) is 24.3 Å². The van der Waals surface area contributed by atoms with E-state index in [9.17, 15) is 4.39 Å². The summed E-state index contributed by atoms with van der Waals surface area (Å²) in [5, 5.41) is 3.09. The summed E-state index contributed by atoms with van der Waals surface area (Å²) in [6.45, 7) is 4.46. The van der Waals surface area contributed by atoms with Gasteiger partial charge in [0.25, 0.3) is 0 Å². The first-order valence-corrected chi connectivity index (χ1v) is 7.06. The molecule has 0 aliphatic carbocycles. The number of nitrogens with one attached hydrogen (secondary N) is 1. The summed E-state index contributed by atoms with van der Waals surface area (Å²) < 4.78 is 13.8. The Hall–Kier alpha value is -2.17. The summed E-state index contributed by atoms with van der Waals surface area (Å²) in [4.78, 5) is 11.0. The van der Waals surface area contributed by atoms with E-state index in [0.717, 1.165) is 29.4 Å². The molecule has 5 heteroatoms. The molecule has 1 aromatic heterocycles. The van der Waals surface area contributed by atoms with Crippen molar-refractivity contribution in [1.29, 1.82) is 0 Å². The van der Waals surface area contributed by atoms with Crippen molar-refractivity contribution in [3.05, 3.63) is 47.0 Å². The zero-order valence-electron chi connectivity index (χ0n) is 12.9. The number of aromatic nitrogens is 2. The van der Waals surface area contributed by atoms with Gasteiger partial charge in [-0.05, 0) is 13.0 Å². The summed E-state index contributed by atoms with van der Waals surface area (Å²) in [5.74, 6) is 2.23. The van der Waals surface area contributed by atoms with Crippen LogP contribution in [-0.4, -0.2) is 24.1 Å². The van der Waals surface area contributed by atoms with E-state index in [1.807, 2.05) is 38.9 Å². The Labute approximate surface area is 125 Å². The fourth-order valence-corrected chi connectivity index (χ4v) is 2.28. The Kier molecular flexibility index (Phi) is 4.73. The molecule has 0 atom stereocenters. The number of halogens is 1. The molecule has 1 aromatic carbocycles. The van der Waals surface area contributed by atoms with E-state index >= 15 is 0 Å². The van der Waals surface area contributed by atoms with E-state index in [4.69, 9.17) is 0 Å². The monoisotopic (exact) mass is 288 g/mol. The third-order valence-electron chi connectivity index (χ3n) is 3.45. The van der Waals surface area contributed by atoms with Crippen LogP contribution in [0.4, 0.5) is 16.0 Å². The van der Waals surface area contributed by atoms with Crippen LogP contribution in [0.2, 0.25) is 0 Å². The predicted octanol–water partition coefficient (Wildman–Crippen LogP) is 3.16. The fourth-order valence-electron chi connectivity index (χ4n) is 2.28. The molecule has 1 heterocycles. The summed E-state index contributed by atoms with van der Waals surface area (Å²) >= 11 is 0. The highest BCUT2D eigenvalue weighted by molar-refractivity contribution is 5.58. The van der Waals surface area contributed by atoms with Gasteiger partial charge in [0.05, 0.1) is 0 Å². The van der Waals surface area contributed by atoms with Gasteiger partial charge in [-0.25, -0.2) is 14.4 Å². The summed E-state index contributed by atoms with van der Waals surface area (Å²) in [5.41, 5.74) is 1.62. The van der Waals surface area contributed by atoms with Crippen LogP contribution in [0.5, 0.6) is 0 Å². The van der Waals surface area contributed by atoms with E-state index in [1.54, 1.807) is 12.1 Å². The van der Waals surface area contributed by atoms with Crippen molar-refractivity contribution < 1.29 is 4.39 Å². The van der Waals surface area contributed by atoms with Gasteiger partial charge in [0.15, 0.2) is 0 Å². The highest BCUT2D eigenvalue weighted by atomic mass is 19.1. The number of rotatable bonds is 5. The molecule has 0 bridgehead atoms. The molecule has 2 rings (SSSR count). The molecule has 0 radical (unpaired) electrons. The van der Waals surface area contributed by atoms with Crippen LogP contribution >= 0.6 is 0 Å². The molecular formula is C16H21FN4. The minimum atomic E-state index is -0.194. The van der Waals surface area contributed by atoms with Crippen molar-refractivity contribution >= 4 is 11.6 Å². The van der Waals surface area contributed by atoms with Gasteiger partial charge in [-0.3, -0.25) is 0 Å². The second kappa shape index (κ2) is 6.52. The largest absolute Gasteiger partial charge is 0.373 e. The fraction of sp³-hybridized carbons (Fsp3) is 0.375. The second-order valence-electron chi connectivity index (χ2n) is 4.99. The number of nitrogens with zero attached hydrogens (tertiary/aromatic N) is 3. The molecule has 1 N–H and O–H groups in total. The van der Waals surface area contributed by atoms with Crippen molar-refractivity contribution in [2.75, 3.05) is 24.3 Å². The Morgan fingerprint density at radius 2 is 1.95 bits per heavy atom. The SMILES string of the molecule is CCc1nc(NC)c(C)c(N(C)Cc2ccccc2F)n1. The van der Waals surface area contributed by atoms with Crippen molar-refractivity contribution in [2.45, 2.75) is 26.8 Å². The van der Waals surface area contributed by atoms with Crippen molar-refractivity contribution in [1.82, 2.24) is 9.97 Å². The molecule has 0 fully saturated rings. The molecular weight excluding hydrogens is 267 g/mol. The minimum absolute atomic E-state index is 0.194. The van der Waals surface area contributed by atoms with E-state index in [-0.39, 0.29) is 5.82 Å². The summed E-state index contributed by atoms with van der Waals surface area (Å²) in [6, 6.07) is 6.81. The zero-order chi connectivity index (χ0) is 15.4. The summed E-state index contributed by atoms with van der Waals surface area (Å²) in [7, 11) is 3.76. The van der Waals surface area contributed by atoms with Crippen molar-refractivity contribution in [3.8, 4) is 0 Å². The van der Waals surface area contributed by atoms with Gasteiger partial charge in [0.2, 0.25) is 0 Å². The number of anilines is 2. The van der Waals surface area contributed by atoms with Gasteiger partial charge in [0, 0.05) is 38.2 Å². The Morgan fingerprint density at radius 3 is 2.57 bits per heavy atom. The van der Waals surface area contributed by atoms with Gasteiger partial charge in [-0.2, -0.15) is 0 Å². The normalized spacial score (nSPS) is 10.5. The highest BCUT2D eigenvalue weighted by Gasteiger charge is 2.14. The van der Waals surface area contributed by atoms with Crippen LogP contribution in [0.1, 0.15) is 23.9 Å². The molecule has 4 nitrogen and oxygen atoms in total. The lowest BCUT2D eigenvalue weighted by molar-refractivity contribution is 0.607. The Bertz CT molecular complexity index is 628. The van der Waals surface area contributed by atoms with Crippen LogP contribution in [-0.2, 0) is 13.0 Å². The summed E-state index contributed by atoms with van der Waals surface area (Å²) in [6.07, 6.45) is 0.759. The number of hydrogen-bond acceptors (Lipinski definition) is 4. The van der Waals surface area contributed by atoms with Gasteiger partial charge in [-0.15, -0.1) is 0 Å². The quantitative estimate of drug-likeness (QED) is 0.917. The topological polar surface area (TPSA) is 41.1 Å². The van der Waals surface area contributed by atoms with E-state index in [2.05, 4.69) is 15.3 Å². The van der Waals surface area contributed by atoms with E-state index < -0.39 is 0 Å². The van der Waals surface area contributed by atoms with Crippen LogP contribution in [0.25, 0.3) is 0 Å². The van der Waals surface area contributed by atoms with Crippen LogP contribution < -0.4 is 10.2 Å². The molecule has 0 amide bonds. The molecule has 0 saturated carbocycles. The maximum Gasteiger partial charge on any atom is 0.137 e. The average molecular weight is 288 g/mol. The third-order valence-corrected chi connectivity index (χ3v) is 3.45. The van der Waals surface area contributed by atoms with Gasteiger partial charge < -0.3 is 10.2 Å². The second-order valence-corrected chi connectivity index (χ2v) is 4.99. The maximum absolute atomic E-state index is 13.8. The number of aryl methyl sites for hydroxylation is 1. The predicted molar refractivity (Wildman–Crippen MR) is 84.2 cm³/mol. The number of hydrogen-bond donors (Lipinski definition) is 1. The van der Waals surface area contributed by atoms with Crippen LogP contribution in [0, 0.1) is 12.7 Å². The lowest BCUT2D eigenvalue weighted by Crippen LogP contribution is -2.21. The number of benzene rings is 1. The third kappa shape index (κ3) is 3.29. The first-order valence-electron chi connectivity index (χ1n) is 7.06.